The number of nitrogens with one attached hydrogen (secondary N) is 1. The summed E-state index contributed by atoms with van der Waals surface area (Å²) in [4.78, 5) is 12.5. The second-order valence-electron chi connectivity index (χ2n) is 6.04. The number of hydrogen-bond acceptors (Lipinski definition) is 5. The first-order chi connectivity index (χ1) is 13.5. The number of hydrogen-bond donors (Lipinski definition) is 1. The minimum absolute atomic E-state index is 0.187. The maximum Gasteiger partial charge on any atom is 0.237 e. The van der Waals surface area contributed by atoms with E-state index in [1.165, 1.54) is 36.0 Å². The zero-order valence-corrected chi connectivity index (χ0v) is 16.7. The predicted molar refractivity (Wildman–Crippen MR) is 108 cm³/mol. The highest BCUT2D eigenvalue weighted by molar-refractivity contribution is 8.00. The van der Waals surface area contributed by atoms with E-state index in [-0.39, 0.29) is 11.7 Å². The molecule has 1 amide bonds. The molecule has 0 fully saturated rings. The van der Waals surface area contributed by atoms with Gasteiger partial charge in [-0.05, 0) is 62.4 Å². The lowest BCUT2D eigenvalue weighted by molar-refractivity contribution is -0.115. The number of anilines is 1. The van der Waals surface area contributed by atoms with Crippen molar-refractivity contribution in [1.82, 2.24) is 14.8 Å². The maximum absolute atomic E-state index is 13.0. The van der Waals surface area contributed by atoms with Crippen molar-refractivity contribution in [3.05, 3.63) is 54.3 Å². The van der Waals surface area contributed by atoms with Crippen molar-refractivity contribution in [3.63, 3.8) is 0 Å². The molecule has 0 unspecified atom stereocenters. The molecule has 3 aromatic rings. The number of methoxy groups -OCH3 is 1. The van der Waals surface area contributed by atoms with Crippen molar-refractivity contribution in [2.75, 3.05) is 12.4 Å². The van der Waals surface area contributed by atoms with E-state index in [0.717, 1.165) is 17.1 Å². The lowest BCUT2D eigenvalue weighted by Gasteiger charge is -2.13. The molecule has 6 nitrogen and oxygen atoms in total. The highest BCUT2D eigenvalue weighted by Gasteiger charge is 2.20. The Morgan fingerprint density at radius 1 is 1.18 bits per heavy atom. The normalized spacial score (nSPS) is 11.9. The fourth-order valence-electron chi connectivity index (χ4n) is 2.60. The molecule has 3 rings (SSSR count). The number of nitrogens with zero attached hydrogens (tertiary/aromatic N) is 3. The third-order valence-corrected chi connectivity index (χ3v) is 5.22. The Bertz CT molecular complexity index is 942. The number of carbonyl (C=O) groups is 1. The van der Waals surface area contributed by atoms with E-state index in [1.54, 1.807) is 14.0 Å². The van der Waals surface area contributed by atoms with E-state index < -0.39 is 5.25 Å². The number of carbonyl (C=O) groups excluding carboxylic acids is 1. The molecule has 8 heteroatoms. The Balaban J connectivity index is 1.73. The molecule has 1 heterocycles. The van der Waals surface area contributed by atoms with Crippen LogP contribution < -0.4 is 10.1 Å². The third-order valence-electron chi connectivity index (χ3n) is 4.14. The summed E-state index contributed by atoms with van der Waals surface area (Å²) in [6, 6.07) is 13.3. The van der Waals surface area contributed by atoms with E-state index in [2.05, 4.69) is 15.5 Å². The van der Waals surface area contributed by atoms with Gasteiger partial charge in [0.25, 0.3) is 0 Å². The predicted octanol–water partition coefficient (Wildman–Crippen LogP) is 4.23. The molecule has 1 aromatic heterocycles. The van der Waals surface area contributed by atoms with Crippen LogP contribution in [0.5, 0.6) is 5.75 Å². The molecule has 2 aromatic carbocycles. The van der Waals surface area contributed by atoms with Gasteiger partial charge >= 0.3 is 0 Å². The number of halogens is 1. The second-order valence-corrected chi connectivity index (χ2v) is 7.34. The molecule has 0 saturated carbocycles. The molecule has 28 heavy (non-hydrogen) atoms. The minimum Gasteiger partial charge on any atom is -0.497 e. The average Bonchev–Trinajstić information content (AvgIpc) is 3.12. The van der Waals surface area contributed by atoms with Crippen LogP contribution in [0.1, 0.15) is 13.8 Å². The molecule has 146 valence electrons. The summed E-state index contributed by atoms with van der Waals surface area (Å²) in [5.74, 6) is 0.974. The van der Waals surface area contributed by atoms with E-state index in [1.807, 2.05) is 35.8 Å². The van der Waals surface area contributed by atoms with Crippen LogP contribution in [-0.2, 0) is 11.3 Å². The number of benzene rings is 2. The molecule has 0 saturated heterocycles. The Hall–Kier alpha value is -2.87. The standard InChI is InChI=1S/C20H21FN4O2S/c1-4-25-18(14-5-11-17(27-3)12-6-14)23-24-20(25)28-13(2)19(26)22-16-9-7-15(21)8-10-16/h5-13H,4H2,1-3H3,(H,22,26)/t13-/m1/s1. The summed E-state index contributed by atoms with van der Waals surface area (Å²) >= 11 is 1.33. The molecule has 0 aliphatic carbocycles. The van der Waals surface area contributed by atoms with Gasteiger partial charge in [-0.2, -0.15) is 0 Å². The van der Waals surface area contributed by atoms with Crippen LogP contribution in [0.2, 0.25) is 0 Å². The molecule has 0 aliphatic rings. The summed E-state index contributed by atoms with van der Waals surface area (Å²) in [7, 11) is 1.62. The maximum atomic E-state index is 13.0. The van der Waals surface area contributed by atoms with Crippen LogP contribution in [0.3, 0.4) is 0 Å². The van der Waals surface area contributed by atoms with Crippen LogP contribution in [0.25, 0.3) is 11.4 Å². The van der Waals surface area contributed by atoms with Crippen molar-refractivity contribution in [2.24, 2.45) is 0 Å². The highest BCUT2D eigenvalue weighted by Crippen LogP contribution is 2.28. The number of aromatic nitrogens is 3. The summed E-state index contributed by atoms with van der Waals surface area (Å²) in [5, 5.41) is 11.6. The average molecular weight is 400 g/mol. The first kappa shape index (κ1) is 19.9. The molecule has 0 bridgehead atoms. The zero-order chi connectivity index (χ0) is 20.1. The number of thioether (sulfide) groups is 1. The van der Waals surface area contributed by atoms with Crippen LogP contribution in [0.15, 0.2) is 53.7 Å². The molecular weight excluding hydrogens is 379 g/mol. The van der Waals surface area contributed by atoms with Gasteiger partial charge in [-0.3, -0.25) is 4.79 Å². The van der Waals surface area contributed by atoms with Crippen molar-refractivity contribution in [3.8, 4) is 17.1 Å². The van der Waals surface area contributed by atoms with Crippen molar-refractivity contribution < 1.29 is 13.9 Å². The van der Waals surface area contributed by atoms with Gasteiger partial charge in [-0.1, -0.05) is 11.8 Å². The van der Waals surface area contributed by atoms with Gasteiger partial charge in [0.05, 0.1) is 12.4 Å². The van der Waals surface area contributed by atoms with Crippen LogP contribution in [0, 0.1) is 5.82 Å². The summed E-state index contributed by atoms with van der Waals surface area (Å²) in [5.41, 5.74) is 1.47. The first-order valence-electron chi connectivity index (χ1n) is 8.82. The molecule has 0 radical (unpaired) electrons. The Morgan fingerprint density at radius 3 is 2.46 bits per heavy atom. The molecule has 1 N–H and O–H groups in total. The van der Waals surface area contributed by atoms with Crippen molar-refractivity contribution in [1.29, 1.82) is 0 Å². The molecular formula is C20H21FN4O2S. The molecule has 0 spiro atoms. The van der Waals surface area contributed by atoms with Gasteiger partial charge in [0, 0.05) is 17.8 Å². The monoisotopic (exact) mass is 400 g/mol. The second kappa shape index (κ2) is 8.88. The van der Waals surface area contributed by atoms with Crippen LogP contribution in [-0.4, -0.2) is 33.0 Å². The summed E-state index contributed by atoms with van der Waals surface area (Å²) in [6.45, 7) is 4.47. The van der Waals surface area contributed by atoms with E-state index in [0.29, 0.717) is 17.4 Å². The van der Waals surface area contributed by atoms with Gasteiger partial charge < -0.3 is 14.6 Å². The van der Waals surface area contributed by atoms with Gasteiger partial charge in [-0.25, -0.2) is 4.39 Å². The summed E-state index contributed by atoms with van der Waals surface area (Å²) < 4.78 is 20.2. The van der Waals surface area contributed by atoms with E-state index in [9.17, 15) is 9.18 Å². The zero-order valence-electron chi connectivity index (χ0n) is 15.8. The lowest BCUT2D eigenvalue weighted by atomic mass is 10.2. The first-order valence-corrected chi connectivity index (χ1v) is 9.70. The summed E-state index contributed by atoms with van der Waals surface area (Å²) in [6.07, 6.45) is 0. The topological polar surface area (TPSA) is 69.0 Å². The quantitative estimate of drug-likeness (QED) is 0.601. The number of ether oxygens (including phenoxy) is 1. The van der Waals surface area contributed by atoms with E-state index >= 15 is 0 Å². The molecule has 1 atom stereocenters. The smallest absolute Gasteiger partial charge is 0.237 e. The van der Waals surface area contributed by atoms with Gasteiger partial charge in [-0.15, -0.1) is 10.2 Å². The van der Waals surface area contributed by atoms with Gasteiger partial charge in [0.1, 0.15) is 11.6 Å². The SMILES string of the molecule is CCn1c(S[C@H](C)C(=O)Nc2ccc(F)cc2)nnc1-c1ccc(OC)cc1. The minimum atomic E-state index is -0.400. The third kappa shape index (κ3) is 4.51. The fraction of sp³-hybridized carbons (Fsp3) is 0.250. The van der Waals surface area contributed by atoms with Gasteiger partial charge in [0.15, 0.2) is 11.0 Å². The van der Waals surface area contributed by atoms with Crippen molar-refractivity contribution >= 4 is 23.4 Å². The highest BCUT2D eigenvalue weighted by atomic mass is 32.2. The Labute approximate surface area is 167 Å². The number of rotatable bonds is 7. The Kier molecular flexibility index (Phi) is 6.30. The van der Waals surface area contributed by atoms with Crippen LogP contribution >= 0.6 is 11.8 Å². The van der Waals surface area contributed by atoms with Crippen LogP contribution in [0.4, 0.5) is 10.1 Å². The van der Waals surface area contributed by atoms with E-state index in [4.69, 9.17) is 4.74 Å². The number of amides is 1. The van der Waals surface area contributed by atoms with Gasteiger partial charge in [0.2, 0.25) is 5.91 Å². The largest absolute Gasteiger partial charge is 0.497 e. The lowest BCUT2D eigenvalue weighted by Crippen LogP contribution is -2.23. The molecule has 0 aliphatic heterocycles. The fourth-order valence-corrected chi connectivity index (χ4v) is 3.52. The Morgan fingerprint density at radius 2 is 1.86 bits per heavy atom. The van der Waals surface area contributed by atoms with Crippen molar-refractivity contribution in [2.45, 2.75) is 30.8 Å².